The Kier molecular flexibility index (Phi) is 4.45. The van der Waals surface area contributed by atoms with Crippen molar-refractivity contribution in [2.45, 2.75) is 31.7 Å². The first-order chi connectivity index (χ1) is 14.2. The first kappa shape index (κ1) is 18.1. The maximum Gasteiger partial charge on any atom is 0.318 e. The summed E-state index contributed by atoms with van der Waals surface area (Å²) in [7, 11) is 1.58. The number of anilines is 1. The quantitative estimate of drug-likeness (QED) is 0.801. The van der Waals surface area contributed by atoms with E-state index in [2.05, 4.69) is 32.1 Å². The van der Waals surface area contributed by atoms with E-state index in [1.54, 1.807) is 18.3 Å². The number of carbonyl (C=O) groups is 1. The Labute approximate surface area is 170 Å². The number of nitrogens with zero attached hydrogens (tertiary/aromatic N) is 5. The molecule has 150 valence electrons. The third-order valence-corrected chi connectivity index (χ3v) is 6.49. The number of ether oxygens (including phenoxy) is 1. The second-order valence-corrected chi connectivity index (χ2v) is 8.17. The van der Waals surface area contributed by atoms with Crippen LogP contribution in [0.2, 0.25) is 0 Å². The van der Waals surface area contributed by atoms with E-state index >= 15 is 0 Å². The number of aromatic nitrogens is 2. The molecule has 5 rings (SSSR count). The summed E-state index contributed by atoms with van der Waals surface area (Å²) in [6.07, 6.45) is 7.35. The number of piperidine rings is 1. The van der Waals surface area contributed by atoms with Gasteiger partial charge < -0.3 is 9.64 Å². The Balaban J connectivity index is 1.34. The highest BCUT2D eigenvalue weighted by molar-refractivity contribution is 5.83. The Morgan fingerprint density at radius 2 is 2.03 bits per heavy atom. The zero-order valence-corrected chi connectivity index (χ0v) is 16.6. The van der Waals surface area contributed by atoms with Gasteiger partial charge >= 0.3 is 6.01 Å². The number of hydrazone groups is 1. The number of benzene rings is 1. The van der Waals surface area contributed by atoms with Gasteiger partial charge in [0.25, 0.3) is 0 Å². The van der Waals surface area contributed by atoms with E-state index in [1.165, 1.54) is 0 Å². The first-order valence-corrected chi connectivity index (χ1v) is 10.2. The molecule has 2 aromatic rings. The fourth-order valence-electron chi connectivity index (χ4n) is 4.75. The Hall–Kier alpha value is -2.96. The molecule has 1 spiro atoms. The summed E-state index contributed by atoms with van der Waals surface area (Å²) in [6.45, 7) is 1.64. The molecule has 3 heterocycles. The molecule has 1 saturated heterocycles. The number of hydrogen-bond donors (Lipinski definition) is 0. The number of rotatable bonds is 4. The number of carbonyl (C=O) groups excluding carboxylic acids is 1. The molecule has 2 atom stereocenters. The van der Waals surface area contributed by atoms with Gasteiger partial charge in [-0.05, 0) is 36.3 Å². The van der Waals surface area contributed by atoms with Gasteiger partial charge in [-0.1, -0.05) is 30.3 Å². The molecule has 1 saturated carbocycles. The lowest BCUT2D eigenvalue weighted by atomic mass is 9.81. The van der Waals surface area contributed by atoms with Crippen LogP contribution >= 0.6 is 0 Å². The van der Waals surface area contributed by atoms with Gasteiger partial charge in [0.1, 0.15) is 5.82 Å². The summed E-state index contributed by atoms with van der Waals surface area (Å²) >= 11 is 0. The van der Waals surface area contributed by atoms with E-state index < -0.39 is 0 Å². The van der Waals surface area contributed by atoms with Crippen LogP contribution in [0.15, 0.2) is 47.7 Å². The summed E-state index contributed by atoms with van der Waals surface area (Å²) in [5.41, 5.74) is 1.18. The van der Waals surface area contributed by atoms with Crippen molar-refractivity contribution in [3.05, 3.63) is 48.2 Å². The Morgan fingerprint density at radius 3 is 2.79 bits per heavy atom. The summed E-state index contributed by atoms with van der Waals surface area (Å²) in [5, 5.41) is 6.21. The Bertz CT molecular complexity index is 928. The van der Waals surface area contributed by atoms with Crippen LogP contribution in [0.1, 0.15) is 37.3 Å². The monoisotopic (exact) mass is 391 g/mol. The molecule has 2 fully saturated rings. The fourth-order valence-corrected chi connectivity index (χ4v) is 4.75. The molecule has 2 aliphatic heterocycles. The minimum Gasteiger partial charge on any atom is -0.467 e. The molecule has 1 aliphatic carbocycles. The van der Waals surface area contributed by atoms with Gasteiger partial charge in [0, 0.05) is 37.8 Å². The zero-order valence-electron chi connectivity index (χ0n) is 16.6. The summed E-state index contributed by atoms with van der Waals surface area (Å²) in [6, 6.07) is 12.5. The van der Waals surface area contributed by atoms with E-state index in [0.29, 0.717) is 6.01 Å². The molecular formula is C22H25N5O2. The van der Waals surface area contributed by atoms with Crippen molar-refractivity contribution in [3.63, 3.8) is 0 Å². The minimum atomic E-state index is 0.0173. The topological polar surface area (TPSA) is 70.9 Å². The van der Waals surface area contributed by atoms with Crippen LogP contribution in [0.3, 0.4) is 0 Å². The van der Waals surface area contributed by atoms with Crippen LogP contribution in [0.25, 0.3) is 0 Å². The molecule has 7 heteroatoms. The SMILES string of the molecule is COc1nccc(N2CCC(C(=O)N3N=CCC3c3ccccc3)C3(CC3)C2)n1. The maximum atomic E-state index is 13.5. The van der Waals surface area contributed by atoms with Crippen LogP contribution in [0.5, 0.6) is 6.01 Å². The molecule has 7 nitrogen and oxygen atoms in total. The molecule has 29 heavy (non-hydrogen) atoms. The van der Waals surface area contributed by atoms with Gasteiger partial charge in [-0.3, -0.25) is 4.79 Å². The van der Waals surface area contributed by atoms with Crippen LogP contribution in [0.4, 0.5) is 5.82 Å². The average molecular weight is 391 g/mol. The number of methoxy groups -OCH3 is 1. The normalized spacial score (nSPS) is 24.7. The van der Waals surface area contributed by atoms with Crippen LogP contribution < -0.4 is 9.64 Å². The summed E-state index contributed by atoms with van der Waals surface area (Å²) in [5.74, 6) is 1.06. The van der Waals surface area contributed by atoms with Crippen LogP contribution in [-0.2, 0) is 4.79 Å². The highest BCUT2D eigenvalue weighted by Gasteiger charge is 2.56. The third kappa shape index (κ3) is 3.24. The third-order valence-electron chi connectivity index (χ3n) is 6.49. The van der Waals surface area contributed by atoms with Gasteiger partial charge in [0.2, 0.25) is 5.91 Å². The lowest BCUT2D eigenvalue weighted by Gasteiger charge is -2.40. The fraction of sp³-hybridized carbons (Fsp3) is 0.455. The molecule has 3 aliphatic rings. The van der Waals surface area contributed by atoms with Crippen molar-refractivity contribution in [3.8, 4) is 6.01 Å². The lowest BCUT2D eigenvalue weighted by Crippen LogP contribution is -2.48. The predicted molar refractivity (Wildman–Crippen MR) is 110 cm³/mol. The van der Waals surface area contributed by atoms with Gasteiger partial charge in [0.05, 0.1) is 13.2 Å². The lowest BCUT2D eigenvalue weighted by molar-refractivity contribution is -0.140. The minimum absolute atomic E-state index is 0.0173. The maximum absolute atomic E-state index is 13.5. The van der Waals surface area contributed by atoms with Crippen molar-refractivity contribution in [1.82, 2.24) is 15.0 Å². The summed E-state index contributed by atoms with van der Waals surface area (Å²) in [4.78, 5) is 24.4. The molecule has 2 unspecified atom stereocenters. The average Bonchev–Trinajstić information content (AvgIpc) is 3.35. The van der Waals surface area contributed by atoms with E-state index in [4.69, 9.17) is 4.74 Å². The van der Waals surface area contributed by atoms with E-state index in [9.17, 15) is 4.79 Å². The van der Waals surface area contributed by atoms with E-state index in [0.717, 1.165) is 50.2 Å². The van der Waals surface area contributed by atoms with Gasteiger partial charge in [0.15, 0.2) is 0 Å². The van der Waals surface area contributed by atoms with Gasteiger partial charge in [-0.15, -0.1) is 0 Å². The molecule has 0 bridgehead atoms. The number of amides is 1. The zero-order chi connectivity index (χ0) is 19.8. The summed E-state index contributed by atoms with van der Waals surface area (Å²) < 4.78 is 5.17. The standard InChI is InChI=1S/C22H25N5O2/c1-29-21-23-12-8-19(25-21)26-14-9-17(22(15-26)10-11-22)20(28)27-18(7-13-24-27)16-5-3-2-4-6-16/h2-6,8,12-13,17-18H,7,9-11,14-15H2,1H3. The van der Waals surface area contributed by atoms with Crippen LogP contribution in [0, 0.1) is 11.3 Å². The second kappa shape index (κ2) is 7.13. The van der Waals surface area contributed by atoms with Gasteiger partial charge in [-0.25, -0.2) is 9.99 Å². The van der Waals surface area contributed by atoms with E-state index in [1.807, 2.05) is 30.5 Å². The first-order valence-electron chi connectivity index (χ1n) is 10.2. The van der Waals surface area contributed by atoms with Crippen molar-refractivity contribution in [2.24, 2.45) is 16.4 Å². The predicted octanol–water partition coefficient (Wildman–Crippen LogP) is 3.05. The molecular weight excluding hydrogens is 366 g/mol. The second-order valence-electron chi connectivity index (χ2n) is 8.17. The van der Waals surface area contributed by atoms with Crippen LogP contribution in [-0.4, -0.2) is 47.3 Å². The molecule has 0 N–H and O–H groups in total. The van der Waals surface area contributed by atoms with Crippen molar-refractivity contribution >= 4 is 17.9 Å². The Morgan fingerprint density at radius 1 is 1.21 bits per heavy atom. The smallest absolute Gasteiger partial charge is 0.318 e. The van der Waals surface area contributed by atoms with Gasteiger partial charge in [-0.2, -0.15) is 10.1 Å². The van der Waals surface area contributed by atoms with Crippen molar-refractivity contribution in [1.29, 1.82) is 0 Å². The highest BCUT2D eigenvalue weighted by atomic mass is 16.5. The largest absolute Gasteiger partial charge is 0.467 e. The molecule has 1 aromatic carbocycles. The number of hydrogen-bond acceptors (Lipinski definition) is 6. The van der Waals surface area contributed by atoms with E-state index in [-0.39, 0.29) is 23.3 Å². The molecule has 1 aromatic heterocycles. The highest BCUT2D eigenvalue weighted by Crippen LogP contribution is 2.57. The van der Waals surface area contributed by atoms with Crippen molar-refractivity contribution < 1.29 is 9.53 Å². The van der Waals surface area contributed by atoms with Crippen molar-refractivity contribution in [2.75, 3.05) is 25.1 Å². The molecule has 0 radical (unpaired) electrons. The molecule has 1 amide bonds.